The maximum Gasteiger partial charge on any atom is 0.137 e. The van der Waals surface area contributed by atoms with Crippen LogP contribution in [0.3, 0.4) is 0 Å². The Kier molecular flexibility index (Phi) is 5.28. The Morgan fingerprint density at radius 3 is 2.31 bits per heavy atom. The van der Waals surface area contributed by atoms with Crippen molar-refractivity contribution in [3.05, 3.63) is 12.7 Å². The topological polar surface area (TPSA) is 34.1 Å². The Bertz CT molecular complexity index is 206. The van der Waals surface area contributed by atoms with Crippen molar-refractivity contribution in [2.75, 3.05) is 0 Å². The van der Waals surface area contributed by atoms with Crippen LogP contribution in [0, 0.1) is 11.8 Å². The molecule has 2 nitrogen and oxygen atoms in total. The van der Waals surface area contributed by atoms with Crippen molar-refractivity contribution in [3.8, 4) is 0 Å². The maximum absolute atomic E-state index is 11.4. The Morgan fingerprint density at radius 2 is 2.00 bits per heavy atom. The Hall–Kier alpha value is -0.920. The minimum atomic E-state index is -0.306. The third-order valence-electron chi connectivity index (χ3n) is 2.27. The summed E-state index contributed by atoms with van der Waals surface area (Å²) in [7, 11) is 0. The van der Waals surface area contributed by atoms with Crippen LogP contribution in [0.5, 0.6) is 0 Å². The van der Waals surface area contributed by atoms with Gasteiger partial charge < -0.3 is 0 Å². The molecule has 0 aliphatic carbocycles. The second-order valence-corrected chi connectivity index (χ2v) is 3.38. The van der Waals surface area contributed by atoms with Crippen molar-refractivity contribution in [2.24, 2.45) is 11.8 Å². The van der Waals surface area contributed by atoms with E-state index in [0.717, 1.165) is 6.42 Å². The fraction of sp³-hybridized carbons (Fsp3) is 0.636. The van der Waals surface area contributed by atoms with E-state index in [-0.39, 0.29) is 23.4 Å². The van der Waals surface area contributed by atoms with E-state index in [1.54, 1.807) is 13.0 Å². The average molecular weight is 182 g/mol. The zero-order valence-corrected chi connectivity index (χ0v) is 8.67. The van der Waals surface area contributed by atoms with E-state index in [1.165, 1.54) is 6.92 Å². The van der Waals surface area contributed by atoms with Crippen LogP contribution in [0.1, 0.15) is 33.6 Å². The fourth-order valence-electron chi connectivity index (χ4n) is 1.40. The summed E-state index contributed by atoms with van der Waals surface area (Å²) >= 11 is 0. The molecule has 0 saturated heterocycles. The van der Waals surface area contributed by atoms with Gasteiger partial charge >= 0.3 is 0 Å². The lowest BCUT2D eigenvalue weighted by atomic mass is 9.86. The molecule has 0 aliphatic rings. The van der Waals surface area contributed by atoms with Gasteiger partial charge in [-0.3, -0.25) is 9.59 Å². The minimum absolute atomic E-state index is 0.0203. The SMILES string of the molecule is C=CC(C(C)=O)C(C)C(=O)CCC. The van der Waals surface area contributed by atoms with Gasteiger partial charge in [-0.2, -0.15) is 0 Å². The molecule has 0 rings (SSSR count). The summed E-state index contributed by atoms with van der Waals surface area (Å²) in [5.41, 5.74) is 0. The molecule has 13 heavy (non-hydrogen) atoms. The van der Waals surface area contributed by atoms with Crippen LogP contribution in [-0.4, -0.2) is 11.6 Å². The summed E-state index contributed by atoms with van der Waals surface area (Å²) < 4.78 is 0. The quantitative estimate of drug-likeness (QED) is 0.591. The smallest absolute Gasteiger partial charge is 0.137 e. The first kappa shape index (κ1) is 12.1. The van der Waals surface area contributed by atoms with Gasteiger partial charge in [-0.1, -0.05) is 19.9 Å². The molecule has 0 fully saturated rings. The lowest BCUT2D eigenvalue weighted by Gasteiger charge is -2.16. The molecule has 2 heteroatoms. The molecule has 0 aromatic carbocycles. The summed E-state index contributed by atoms with van der Waals surface area (Å²) in [6, 6.07) is 0. The standard InChI is InChI=1S/C11H18O2/c1-5-7-11(13)8(3)10(6-2)9(4)12/h6,8,10H,2,5,7H2,1,3-4H3. The highest BCUT2D eigenvalue weighted by atomic mass is 16.1. The Balaban J connectivity index is 4.36. The predicted molar refractivity (Wildman–Crippen MR) is 53.4 cm³/mol. The lowest BCUT2D eigenvalue weighted by molar-refractivity contribution is -0.129. The van der Waals surface area contributed by atoms with Gasteiger partial charge in [-0.25, -0.2) is 0 Å². The van der Waals surface area contributed by atoms with Crippen LogP contribution in [0.25, 0.3) is 0 Å². The highest BCUT2D eigenvalue weighted by Gasteiger charge is 2.23. The summed E-state index contributed by atoms with van der Waals surface area (Å²) in [5.74, 6) is -0.344. The van der Waals surface area contributed by atoms with E-state index in [4.69, 9.17) is 0 Å². The molecule has 0 aliphatic heterocycles. The highest BCUT2D eigenvalue weighted by Crippen LogP contribution is 2.17. The Morgan fingerprint density at radius 1 is 1.46 bits per heavy atom. The number of Topliss-reactive ketones (excluding diaryl/α,β-unsaturated/α-hetero) is 2. The molecule has 0 spiro atoms. The number of rotatable bonds is 6. The first-order valence-electron chi connectivity index (χ1n) is 4.70. The van der Waals surface area contributed by atoms with Gasteiger partial charge in [0.15, 0.2) is 0 Å². The predicted octanol–water partition coefficient (Wildman–Crippen LogP) is 2.38. The van der Waals surface area contributed by atoms with E-state index in [9.17, 15) is 9.59 Å². The molecular weight excluding hydrogens is 164 g/mol. The van der Waals surface area contributed by atoms with Gasteiger partial charge in [0.2, 0.25) is 0 Å². The number of hydrogen-bond donors (Lipinski definition) is 0. The molecule has 0 bridgehead atoms. The fourth-order valence-corrected chi connectivity index (χ4v) is 1.40. The van der Waals surface area contributed by atoms with E-state index in [2.05, 4.69) is 6.58 Å². The third-order valence-corrected chi connectivity index (χ3v) is 2.27. The van der Waals surface area contributed by atoms with E-state index in [0.29, 0.717) is 6.42 Å². The van der Waals surface area contributed by atoms with E-state index < -0.39 is 0 Å². The first-order chi connectivity index (χ1) is 6.04. The first-order valence-corrected chi connectivity index (χ1v) is 4.70. The molecule has 0 amide bonds. The summed E-state index contributed by atoms with van der Waals surface area (Å²) in [4.78, 5) is 22.5. The van der Waals surface area contributed by atoms with Crippen LogP contribution in [0.15, 0.2) is 12.7 Å². The van der Waals surface area contributed by atoms with Gasteiger partial charge in [-0.15, -0.1) is 6.58 Å². The van der Waals surface area contributed by atoms with Crippen LogP contribution in [0.4, 0.5) is 0 Å². The highest BCUT2D eigenvalue weighted by molar-refractivity contribution is 5.89. The molecule has 0 heterocycles. The summed E-state index contributed by atoms with van der Waals surface area (Å²) in [6.07, 6.45) is 2.96. The van der Waals surface area contributed by atoms with Crippen LogP contribution in [-0.2, 0) is 9.59 Å². The average Bonchev–Trinajstić information content (AvgIpc) is 2.05. The molecule has 2 atom stereocenters. The monoisotopic (exact) mass is 182 g/mol. The lowest BCUT2D eigenvalue weighted by Crippen LogP contribution is -2.24. The molecule has 0 aromatic rings. The maximum atomic E-state index is 11.4. The van der Waals surface area contributed by atoms with Gasteiger partial charge in [0.25, 0.3) is 0 Å². The zero-order valence-electron chi connectivity index (χ0n) is 8.67. The van der Waals surface area contributed by atoms with Gasteiger partial charge in [0.1, 0.15) is 11.6 Å². The largest absolute Gasteiger partial charge is 0.299 e. The third kappa shape index (κ3) is 3.53. The molecular formula is C11H18O2. The van der Waals surface area contributed by atoms with Crippen molar-refractivity contribution >= 4 is 11.6 Å². The number of carbonyl (C=O) groups is 2. The minimum Gasteiger partial charge on any atom is -0.299 e. The number of carbonyl (C=O) groups excluding carboxylic acids is 2. The van der Waals surface area contributed by atoms with Crippen molar-refractivity contribution in [1.82, 2.24) is 0 Å². The molecule has 0 saturated carbocycles. The molecule has 0 N–H and O–H groups in total. The van der Waals surface area contributed by atoms with Gasteiger partial charge in [0.05, 0.1) is 0 Å². The van der Waals surface area contributed by atoms with Crippen molar-refractivity contribution in [3.63, 3.8) is 0 Å². The summed E-state index contributed by atoms with van der Waals surface area (Å²) in [5, 5.41) is 0. The van der Waals surface area contributed by atoms with Crippen molar-refractivity contribution in [2.45, 2.75) is 33.6 Å². The van der Waals surface area contributed by atoms with Crippen molar-refractivity contribution in [1.29, 1.82) is 0 Å². The number of hydrogen-bond acceptors (Lipinski definition) is 2. The van der Waals surface area contributed by atoms with Gasteiger partial charge in [-0.05, 0) is 13.3 Å². The normalized spacial score (nSPS) is 14.7. The van der Waals surface area contributed by atoms with Gasteiger partial charge in [0, 0.05) is 18.3 Å². The van der Waals surface area contributed by atoms with Crippen LogP contribution >= 0.6 is 0 Å². The second-order valence-electron chi connectivity index (χ2n) is 3.38. The molecule has 74 valence electrons. The molecule has 0 radical (unpaired) electrons. The molecule has 2 unspecified atom stereocenters. The van der Waals surface area contributed by atoms with Crippen LogP contribution in [0.2, 0.25) is 0 Å². The second kappa shape index (κ2) is 5.68. The molecule has 0 aromatic heterocycles. The summed E-state index contributed by atoms with van der Waals surface area (Å²) in [6.45, 7) is 8.83. The number of ketones is 2. The Labute approximate surface area is 80.0 Å². The van der Waals surface area contributed by atoms with E-state index >= 15 is 0 Å². The number of allylic oxidation sites excluding steroid dienone is 1. The van der Waals surface area contributed by atoms with E-state index in [1.807, 2.05) is 6.92 Å². The van der Waals surface area contributed by atoms with Crippen molar-refractivity contribution < 1.29 is 9.59 Å². The zero-order chi connectivity index (χ0) is 10.4. The van der Waals surface area contributed by atoms with Crippen LogP contribution < -0.4 is 0 Å².